The monoisotopic (exact) mass is 369 g/mol. The molecule has 1 fully saturated rings. The molecule has 1 atom stereocenters. The molecular weight excluding hydrogens is 349 g/mol. The van der Waals surface area contributed by atoms with Gasteiger partial charge in [-0.15, -0.1) is 0 Å². The van der Waals surface area contributed by atoms with Gasteiger partial charge in [0.25, 0.3) is 0 Å². The highest BCUT2D eigenvalue weighted by Crippen LogP contribution is 2.27. The van der Waals surface area contributed by atoms with Crippen molar-refractivity contribution in [1.82, 2.24) is 5.43 Å². The molecule has 2 aromatic rings. The number of hydrogen-bond acceptors (Lipinski definition) is 4. The Labute approximate surface area is 156 Å². The average Bonchev–Trinajstić information content (AvgIpc) is 3.06. The molecule has 1 saturated heterocycles. The molecule has 0 aliphatic carbocycles. The van der Waals surface area contributed by atoms with Gasteiger partial charge >= 0.3 is 0 Å². The van der Waals surface area contributed by atoms with Crippen LogP contribution in [0, 0.1) is 11.7 Å². The lowest BCUT2D eigenvalue weighted by Gasteiger charge is -2.17. The summed E-state index contributed by atoms with van der Waals surface area (Å²) in [6.45, 7) is 2.77. The third-order valence-electron chi connectivity index (χ3n) is 4.21. The van der Waals surface area contributed by atoms with Gasteiger partial charge in [0.05, 0.1) is 18.7 Å². The number of ether oxygens (including phenoxy) is 1. The van der Waals surface area contributed by atoms with Gasteiger partial charge in [-0.25, -0.2) is 9.82 Å². The first-order valence-corrected chi connectivity index (χ1v) is 8.68. The summed E-state index contributed by atoms with van der Waals surface area (Å²) in [7, 11) is 0. The Hall–Kier alpha value is -3.22. The highest BCUT2D eigenvalue weighted by Gasteiger charge is 2.35. The largest absolute Gasteiger partial charge is 0.494 e. The Balaban J connectivity index is 1.57. The van der Waals surface area contributed by atoms with Gasteiger partial charge in [0.2, 0.25) is 11.8 Å². The minimum atomic E-state index is -0.477. The summed E-state index contributed by atoms with van der Waals surface area (Å²) < 4.78 is 18.3. The van der Waals surface area contributed by atoms with Crippen LogP contribution in [-0.2, 0) is 9.59 Å². The molecule has 6 nitrogen and oxygen atoms in total. The second-order valence-electron chi connectivity index (χ2n) is 6.12. The molecule has 0 unspecified atom stereocenters. The van der Waals surface area contributed by atoms with Crippen LogP contribution in [0.1, 0.15) is 18.9 Å². The van der Waals surface area contributed by atoms with Gasteiger partial charge in [-0.1, -0.05) is 12.1 Å². The van der Waals surface area contributed by atoms with Crippen LogP contribution in [0.15, 0.2) is 53.6 Å². The molecule has 1 N–H and O–H groups in total. The van der Waals surface area contributed by atoms with Crippen LogP contribution in [0.3, 0.4) is 0 Å². The van der Waals surface area contributed by atoms with Crippen LogP contribution in [0.5, 0.6) is 5.75 Å². The average molecular weight is 369 g/mol. The number of anilines is 1. The number of amides is 2. The Kier molecular flexibility index (Phi) is 5.80. The molecule has 1 aliphatic rings. The zero-order chi connectivity index (χ0) is 19.2. The van der Waals surface area contributed by atoms with Gasteiger partial charge in [0.1, 0.15) is 11.6 Å². The molecule has 1 heterocycles. The second kappa shape index (κ2) is 8.44. The Morgan fingerprint density at radius 2 is 1.96 bits per heavy atom. The summed E-state index contributed by atoms with van der Waals surface area (Å²) in [5, 5.41) is 3.88. The van der Waals surface area contributed by atoms with Crippen molar-refractivity contribution in [3.63, 3.8) is 0 Å². The van der Waals surface area contributed by atoms with Crippen LogP contribution in [-0.4, -0.2) is 31.2 Å². The summed E-state index contributed by atoms with van der Waals surface area (Å²) in [4.78, 5) is 26.1. The standard InChI is InChI=1S/C20H20FN3O3/c1-2-27-18-9-7-17(8-10-18)24-13-15(11-19(24)25)20(26)23-22-12-14-3-5-16(21)6-4-14/h3-10,12,15H,2,11,13H2,1H3,(H,23,26)/b22-12-/t15-/m1/s1. The first-order chi connectivity index (χ1) is 13.1. The fraction of sp³-hybridized carbons (Fsp3) is 0.250. The van der Waals surface area contributed by atoms with Crippen molar-refractivity contribution in [3.05, 3.63) is 59.9 Å². The van der Waals surface area contributed by atoms with Crippen molar-refractivity contribution >= 4 is 23.7 Å². The van der Waals surface area contributed by atoms with E-state index in [0.717, 1.165) is 11.4 Å². The maximum Gasteiger partial charge on any atom is 0.245 e. The van der Waals surface area contributed by atoms with Crippen molar-refractivity contribution in [2.45, 2.75) is 13.3 Å². The van der Waals surface area contributed by atoms with Crippen LogP contribution in [0.4, 0.5) is 10.1 Å². The molecule has 2 aromatic carbocycles. The highest BCUT2D eigenvalue weighted by molar-refractivity contribution is 6.00. The minimum Gasteiger partial charge on any atom is -0.494 e. The van der Waals surface area contributed by atoms with Gasteiger partial charge in [0.15, 0.2) is 0 Å². The first kappa shape index (κ1) is 18.6. The van der Waals surface area contributed by atoms with E-state index in [2.05, 4.69) is 10.5 Å². The summed E-state index contributed by atoms with van der Waals surface area (Å²) in [6, 6.07) is 12.9. The quantitative estimate of drug-likeness (QED) is 0.629. The Bertz CT molecular complexity index is 835. The van der Waals surface area contributed by atoms with Gasteiger partial charge in [-0.3, -0.25) is 9.59 Å². The van der Waals surface area contributed by atoms with E-state index in [1.54, 1.807) is 41.3 Å². The fourth-order valence-electron chi connectivity index (χ4n) is 2.83. The maximum absolute atomic E-state index is 12.9. The fourth-order valence-corrected chi connectivity index (χ4v) is 2.83. The van der Waals surface area contributed by atoms with Crippen molar-refractivity contribution < 1.29 is 18.7 Å². The third kappa shape index (κ3) is 4.69. The minimum absolute atomic E-state index is 0.109. The number of rotatable bonds is 6. The lowest BCUT2D eigenvalue weighted by Crippen LogP contribution is -2.30. The Morgan fingerprint density at radius 1 is 1.26 bits per heavy atom. The molecule has 140 valence electrons. The smallest absolute Gasteiger partial charge is 0.245 e. The van der Waals surface area contributed by atoms with Crippen molar-refractivity contribution in [2.75, 3.05) is 18.1 Å². The third-order valence-corrected chi connectivity index (χ3v) is 4.21. The summed E-state index contributed by atoms with van der Waals surface area (Å²) in [5.41, 5.74) is 3.84. The molecule has 27 heavy (non-hydrogen) atoms. The van der Waals surface area contributed by atoms with Crippen LogP contribution in [0.25, 0.3) is 0 Å². The number of halogens is 1. The number of carbonyl (C=O) groups is 2. The summed E-state index contributed by atoms with van der Waals surface area (Å²) in [5.74, 6) is -0.515. The van der Waals surface area contributed by atoms with Gasteiger partial charge in [-0.2, -0.15) is 5.10 Å². The zero-order valence-electron chi connectivity index (χ0n) is 14.9. The molecule has 0 saturated carbocycles. The van der Waals surface area contributed by atoms with Gasteiger partial charge in [0, 0.05) is 18.7 Å². The molecule has 2 amide bonds. The summed E-state index contributed by atoms with van der Waals surface area (Å²) >= 11 is 0. The normalized spacial score (nSPS) is 16.7. The molecule has 7 heteroatoms. The number of nitrogens with one attached hydrogen (secondary N) is 1. The lowest BCUT2D eigenvalue weighted by molar-refractivity contribution is -0.126. The van der Waals surface area contributed by atoms with Crippen molar-refractivity contribution in [2.24, 2.45) is 11.0 Å². The van der Waals surface area contributed by atoms with Crippen LogP contribution < -0.4 is 15.1 Å². The number of nitrogens with zero attached hydrogens (tertiary/aromatic N) is 2. The van der Waals surface area contributed by atoms with Crippen molar-refractivity contribution in [1.29, 1.82) is 0 Å². The van der Waals surface area contributed by atoms with E-state index in [9.17, 15) is 14.0 Å². The van der Waals surface area contributed by atoms with E-state index in [1.165, 1.54) is 18.3 Å². The molecule has 1 aliphatic heterocycles. The van der Waals surface area contributed by atoms with E-state index in [0.29, 0.717) is 18.7 Å². The number of hydrogen-bond donors (Lipinski definition) is 1. The lowest BCUT2D eigenvalue weighted by atomic mass is 10.1. The van der Waals surface area contributed by atoms with Gasteiger partial charge in [-0.05, 0) is 48.9 Å². The van der Waals surface area contributed by atoms with Crippen LogP contribution in [0.2, 0.25) is 0 Å². The SMILES string of the molecule is CCOc1ccc(N2C[C@H](C(=O)N/N=C\c3ccc(F)cc3)CC2=O)cc1. The highest BCUT2D eigenvalue weighted by atomic mass is 19.1. The van der Waals surface area contributed by atoms with E-state index in [4.69, 9.17) is 4.74 Å². The van der Waals surface area contributed by atoms with E-state index in [1.807, 2.05) is 6.92 Å². The van der Waals surface area contributed by atoms with E-state index < -0.39 is 5.92 Å². The number of carbonyl (C=O) groups excluding carboxylic acids is 2. The number of benzene rings is 2. The Morgan fingerprint density at radius 3 is 2.63 bits per heavy atom. The maximum atomic E-state index is 12.9. The van der Waals surface area contributed by atoms with Gasteiger partial charge < -0.3 is 9.64 Å². The summed E-state index contributed by atoms with van der Waals surface area (Å²) in [6.07, 6.45) is 1.56. The molecule has 3 rings (SSSR count). The predicted octanol–water partition coefficient (Wildman–Crippen LogP) is 2.73. The predicted molar refractivity (Wildman–Crippen MR) is 100 cm³/mol. The molecule has 0 aromatic heterocycles. The second-order valence-corrected chi connectivity index (χ2v) is 6.12. The molecule has 0 radical (unpaired) electrons. The van der Waals surface area contributed by atoms with Crippen LogP contribution >= 0.6 is 0 Å². The topological polar surface area (TPSA) is 71.0 Å². The van der Waals surface area contributed by atoms with E-state index >= 15 is 0 Å². The molecular formula is C20H20FN3O3. The van der Waals surface area contributed by atoms with E-state index in [-0.39, 0.29) is 24.1 Å². The van der Waals surface area contributed by atoms with Crippen molar-refractivity contribution in [3.8, 4) is 5.75 Å². The zero-order valence-corrected chi connectivity index (χ0v) is 14.9. The molecule has 0 spiro atoms. The molecule has 0 bridgehead atoms. The number of hydrazone groups is 1. The first-order valence-electron chi connectivity index (χ1n) is 8.68.